The average Bonchev–Trinajstić information content (AvgIpc) is 2.37. The zero-order chi connectivity index (χ0) is 13.8. The summed E-state index contributed by atoms with van der Waals surface area (Å²) in [6.07, 6.45) is 0. The summed E-state index contributed by atoms with van der Waals surface area (Å²) in [7, 11) is 1.58. The Morgan fingerprint density at radius 2 is 2.11 bits per heavy atom. The van der Waals surface area contributed by atoms with Gasteiger partial charge in [-0.2, -0.15) is 0 Å². The molecule has 0 aliphatic rings. The molecule has 0 spiro atoms. The highest BCUT2D eigenvalue weighted by Crippen LogP contribution is 2.25. The maximum atomic E-state index is 11.5. The van der Waals surface area contributed by atoms with Gasteiger partial charge in [-0.3, -0.25) is 4.79 Å². The van der Waals surface area contributed by atoms with Crippen LogP contribution in [0.5, 0.6) is 0 Å². The molecule has 3 N–H and O–H groups in total. The number of benzene rings is 1. The maximum Gasteiger partial charge on any atom is 0.251 e. The molecular weight excluding hydrogens is 252 g/mol. The first-order valence-corrected chi connectivity index (χ1v) is 6.14. The molecule has 0 bridgehead atoms. The maximum absolute atomic E-state index is 11.5. The summed E-state index contributed by atoms with van der Waals surface area (Å²) >= 11 is 6.06. The molecule has 0 aromatic heterocycles. The third kappa shape index (κ3) is 3.89. The lowest BCUT2D eigenvalue weighted by molar-refractivity contribution is 0.0963. The van der Waals surface area contributed by atoms with Gasteiger partial charge < -0.3 is 15.7 Å². The van der Waals surface area contributed by atoms with Crippen LogP contribution in [0.3, 0.4) is 0 Å². The Labute approximate surface area is 112 Å². The van der Waals surface area contributed by atoms with Gasteiger partial charge in [0.15, 0.2) is 0 Å². The van der Waals surface area contributed by atoms with Crippen molar-refractivity contribution in [2.75, 3.05) is 25.5 Å². The number of hydrogen-bond acceptors (Lipinski definition) is 3. The molecule has 5 heteroatoms. The van der Waals surface area contributed by atoms with E-state index >= 15 is 0 Å². The van der Waals surface area contributed by atoms with E-state index in [9.17, 15) is 9.90 Å². The van der Waals surface area contributed by atoms with Crippen LogP contribution in [0.1, 0.15) is 24.2 Å². The first kappa shape index (κ1) is 14.8. The molecule has 1 rings (SSSR count). The van der Waals surface area contributed by atoms with Crippen molar-refractivity contribution in [3.05, 3.63) is 28.8 Å². The van der Waals surface area contributed by atoms with Crippen molar-refractivity contribution >= 4 is 23.2 Å². The Balaban J connectivity index is 2.85. The zero-order valence-corrected chi connectivity index (χ0v) is 11.6. The van der Waals surface area contributed by atoms with Gasteiger partial charge in [-0.1, -0.05) is 25.4 Å². The standard InChI is InChI=1S/C13H19ClN2O2/c1-13(2,8-17)7-16-11-6-9(12(18)15-3)4-5-10(11)14/h4-6,16-17H,7-8H2,1-3H3,(H,15,18). The summed E-state index contributed by atoms with van der Waals surface area (Å²) in [4.78, 5) is 11.5. The number of rotatable bonds is 5. The van der Waals surface area contributed by atoms with Crippen LogP contribution in [-0.2, 0) is 0 Å². The fourth-order valence-electron chi connectivity index (χ4n) is 1.34. The van der Waals surface area contributed by atoms with Crippen molar-refractivity contribution in [1.29, 1.82) is 0 Å². The van der Waals surface area contributed by atoms with Crippen molar-refractivity contribution in [1.82, 2.24) is 5.32 Å². The predicted molar refractivity (Wildman–Crippen MR) is 74.2 cm³/mol. The molecular formula is C13H19ClN2O2. The highest BCUT2D eigenvalue weighted by Gasteiger charge is 2.17. The molecule has 18 heavy (non-hydrogen) atoms. The van der Waals surface area contributed by atoms with E-state index in [-0.39, 0.29) is 17.9 Å². The minimum absolute atomic E-state index is 0.0761. The molecule has 0 saturated carbocycles. The molecule has 100 valence electrons. The number of halogens is 1. The van der Waals surface area contributed by atoms with Gasteiger partial charge >= 0.3 is 0 Å². The van der Waals surface area contributed by atoms with Gasteiger partial charge in [-0.05, 0) is 18.2 Å². The summed E-state index contributed by atoms with van der Waals surface area (Å²) < 4.78 is 0. The molecule has 0 heterocycles. The minimum Gasteiger partial charge on any atom is -0.396 e. The summed E-state index contributed by atoms with van der Waals surface area (Å²) in [5.74, 6) is -0.156. The van der Waals surface area contributed by atoms with E-state index < -0.39 is 0 Å². The van der Waals surface area contributed by atoms with E-state index in [2.05, 4.69) is 10.6 Å². The molecule has 0 aliphatic carbocycles. The quantitative estimate of drug-likeness (QED) is 0.768. The molecule has 0 radical (unpaired) electrons. The number of anilines is 1. The smallest absolute Gasteiger partial charge is 0.251 e. The number of nitrogens with one attached hydrogen (secondary N) is 2. The van der Waals surface area contributed by atoms with Crippen LogP contribution in [0.4, 0.5) is 5.69 Å². The van der Waals surface area contributed by atoms with Crippen LogP contribution in [0, 0.1) is 5.41 Å². The van der Waals surface area contributed by atoms with Crippen LogP contribution >= 0.6 is 11.6 Å². The van der Waals surface area contributed by atoms with E-state index in [0.717, 1.165) is 0 Å². The average molecular weight is 271 g/mol. The van der Waals surface area contributed by atoms with Gasteiger partial charge in [0.2, 0.25) is 0 Å². The third-order valence-corrected chi connectivity index (χ3v) is 2.97. The largest absolute Gasteiger partial charge is 0.396 e. The lowest BCUT2D eigenvalue weighted by Gasteiger charge is -2.23. The van der Waals surface area contributed by atoms with Crippen LogP contribution in [0.25, 0.3) is 0 Å². The topological polar surface area (TPSA) is 61.4 Å². The lowest BCUT2D eigenvalue weighted by atomic mass is 9.95. The monoisotopic (exact) mass is 270 g/mol. The predicted octanol–water partition coefficient (Wildman–Crippen LogP) is 2.13. The first-order chi connectivity index (χ1) is 8.39. The van der Waals surface area contributed by atoms with Crippen molar-refractivity contribution in [3.63, 3.8) is 0 Å². The second kappa shape index (κ2) is 6.07. The highest BCUT2D eigenvalue weighted by atomic mass is 35.5. The van der Waals surface area contributed by atoms with Crippen LogP contribution in [0.2, 0.25) is 5.02 Å². The molecule has 4 nitrogen and oxygen atoms in total. The molecule has 1 aromatic rings. The van der Waals surface area contributed by atoms with Crippen molar-refractivity contribution < 1.29 is 9.90 Å². The Hall–Kier alpha value is -1.26. The molecule has 0 saturated heterocycles. The first-order valence-electron chi connectivity index (χ1n) is 5.76. The highest BCUT2D eigenvalue weighted by molar-refractivity contribution is 6.33. The normalized spacial score (nSPS) is 11.2. The fourth-order valence-corrected chi connectivity index (χ4v) is 1.52. The van der Waals surface area contributed by atoms with Gasteiger partial charge in [0, 0.05) is 31.2 Å². The minimum atomic E-state index is -0.244. The zero-order valence-electron chi connectivity index (χ0n) is 10.9. The van der Waals surface area contributed by atoms with Gasteiger partial charge in [-0.25, -0.2) is 0 Å². The number of hydrogen-bond donors (Lipinski definition) is 3. The van der Waals surface area contributed by atoms with Crippen LogP contribution in [0.15, 0.2) is 18.2 Å². The summed E-state index contributed by atoms with van der Waals surface area (Å²) in [5.41, 5.74) is 0.997. The molecule has 1 amide bonds. The van der Waals surface area contributed by atoms with Crippen molar-refractivity contribution in [3.8, 4) is 0 Å². The Bertz CT molecular complexity index is 433. The molecule has 0 aliphatic heterocycles. The van der Waals surface area contributed by atoms with E-state index in [4.69, 9.17) is 11.6 Å². The molecule has 0 atom stereocenters. The van der Waals surface area contributed by atoms with E-state index in [1.54, 1.807) is 25.2 Å². The Morgan fingerprint density at radius 3 is 2.67 bits per heavy atom. The molecule has 1 aromatic carbocycles. The van der Waals surface area contributed by atoms with Gasteiger partial charge in [-0.15, -0.1) is 0 Å². The molecule has 0 fully saturated rings. The molecule has 0 unspecified atom stereocenters. The Morgan fingerprint density at radius 1 is 1.44 bits per heavy atom. The van der Waals surface area contributed by atoms with E-state index in [1.807, 2.05) is 13.8 Å². The number of aliphatic hydroxyl groups excluding tert-OH is 1. The second-order valence-corrected chi connectivity index (χ2v) is 5.36. The number of amides is 1. The van der Waals surface area contributed by atoms with Crippen LogP contribution < -0.4 is 10.6 Å². The third-order valence-electron chi connectivity index (χ3n) is 2.64. The van der Waals surface area contributed by atoms with E-state index in [0.29, 0.717) is 22.8 Å². The van der Waals surface area contributed by atoms with Crippen LogP contribution in [-0.4, -0.2) is 31.2 Å². The summed E-state index contributed by atoms with van der Waals surface area (Å²) in [5, 5.41) is 15.5. The number of carbonyl (C=O) groups is 1. The van der Waals surface area contributed by atoms with Crippen molar-refractivity contribution in [2.24, 2.45) is 5.41 Å². The summed E-state index contributed by atoms with van der Waals surface area (Å²) in [6.45, 7) is 4.53. The number of aliphatic hydroxyl groups is 1. The Kier molecular flexibility index (Phi) is 4.99. The fraction of sp³-hybridized carbons (Fsp3) is 0.462. The van der Waals surface area contributed by atoms with Gasteiger partial charge in [0.25, 0.3) is 5.91 Å². The van der Waals surface area contributed by atoms with Gasteiger partial charge in [0.1, 0.15) is 0 Å². The van der Waals surface area contributed by atoms with Gasteiger partial charge in [0.05, 0.1) is 10.7 Å². The van der Waals surface area contributed by atoms with E-state index in [1.165, 1.54) is 0 Å². The summed E-state index contributed by atoms with van der Waals surface area (Å²) in [6, 6.07) is 5.05. The van der Waals surface area contributed by atoms with Crippen molar-refractivity contribution in [2.45, 2.75) is 13.8 Å². The SMILES string of the molecule is CNC(=O)c1ccc(Cl)c(NCC(C)(C)CO)c1. The number of carbonyl (C=O) groups excluding carboxylic acids is 1. The second-order valence-electron chi connectivity index (χ2n) is 4.95. The lowest BCUT2D eigenvalue weighted by Crippen LogP contribution is -2.27.